The summed E-state index contributed by atoms with van der Waals surface area (Å²) in [6.07, 6.45) is 1.85. The lowest BCUT2D eigenvalue weighted by molar-refractivity contribution is 0.0992. The van der Waals surface area contributed by atoms with Crippen molar-refractivity contribution in [2.45, 2.75) is 27.0 Å². The number of hydrogen-bond acceptors (Lipinski definition) is 4. The third-order valence-corrected chi connectivity index (χ3v) is 5.69. The van der Waals surface area contributed by atoms with Gasteiger partial charge in [-0.1, -0.05) is 54.6 Å². The molecular weight excluding hydrogens is 426 g/mol. The molecule has 0 atom stereocenters. The molecule has 0 saturated heterocycles. The Bertz CT molecular complexity index is 1460. The molecule has 0 radical (unpaired) electrons. The Kier molecular flexibility index (Phi) is 5.87. The van der Waals surface area contributed by atoms with Crippen molar-refractivity contribution in [3.05, 3.63) is 113 Å². The van der Waals surface area contributed by atoms with Crippen molar-refractivity contribution in [1.82, 2.24) is 9.78 Å². The molecule has 6 nitrogen and oxygen atoms in total. The predicted molar refractivity (Wildman–Crippen MR) is 132 cm³/mol. The lowest BCUT2D eigenvalue weighted by atomic mass is 10.0. The second kappa shape index (κ2) is 9.27. The quantitative estimate of drug-likeness (QED) is 0.323. The Morgan fingerprint density at radius 3 is 2.76 bits per heavy atom. The van der Waals surface area contributed by atoms with E-state index < -0.39 is 0 Å². The number of ether oxygens (including phenoxy) is 1. The molecule has 0 saturated carbocycles. The number of carbonyl (C=O) groups is 1. The number of nitrogens with one attached hydrogen (secondary N) is 1. The Morgan fingerprint density at radius 2 is 1.85 bits per heavy atom. The minimum absolute atomic E-state index is 0.211. The summed E-state index contributed by atoms with van der Waals surface area (Å²) in [7, 11) is 0. The van der Waals surface area contributed by atoms with Gasteiger partial charge in [0.15, 0.2) is 11.6 Å². The van der Waals surface area contributed by atoms with Gasteiger partial charge in [-0.25, -0.2) is 0 Å². The normalized spacial score (nSPS) is 11.0. The van der Waals surface area contributed by atoms with Crippen LogP contribution in [0.25, 0.3) is 10.8 Å². The van der Waals surface area contributed by atoms with E-state index in [1.165, 1.54) is 16.3 Å². The van der Waals surface area contributed by atoms with E-state index in [1.54, 1.807) is 18.2 Å². The highest BCUT2D eigenvalue weighted by Crippen LogP contribution is 2.22. The van der Waals surface area contributed by atoms with E-state index in [0.717, 1.165) is 16.9 Å². The largest absolute Gasteiger partial charge is 0.485 e. The van der Waals surface area contributed by atoms with Crippen molar-refractivity contribution in [2.75, 3.05) is 5.32 Å². The molecule has 1 amide bonds. The van der Waals surface area contributed by atoms with E-state index >= 15 is 0 Å². The molecule has 5 rings (SSSR count). The number of aryl methyl sites for hydroxylation is 2. The number of carbonyl (C=O) groups excluding carboxylic acids is 1. The maximum Gasteiger partial charge on any atom is 0.292 e. The number of hydrogen-bond donors (Lipinski definition) is 1. The Balaban J connectivity index is 1.22. The van der Waals surface area contributed by atoms with Gasteiger partial charge in [0.2, 0.25) is 0 Å². The average Bonchev–Trinajstić information content (AvgIpc) is 3.49. The smallest absolute Gasteiger partial charge is 0.292 e. The molecule has 2 aromatic heterocycles. The molecule has 0 spiro atoms. The van der Waals surface area contributed by atoms with Crippen LogP contribution in [-0.2, 0) is 13.2 Å². The van der Waals surface area contributed by atoms with Crippen LogP contribution in [-0.4, -0.2) is 15.7 Å². The van der Waals surface area contributed by atoms with E-state index in [1.807, 2.05) is 61.1 Å². The van der Waals surface area contributed by atoms with Gasteiger partial charge in [-0.2, -0.15) is 5.10 Å². The molecule has 5 aromatic rings. The monoisotopic (exact) mass is 451 g/mol. The van der Waals surface area contributed by atoms with Gasteiger partial charge in [0.1, 0.15) is 18.1 Å². The molecule has 170 valence electrons. The van der Waals surface area contributed by atoms with Crippen LogP contribution < -0.4 is 10.1 Å². The zero-order valence-corrected chi connectivity index (χ0v) is 19.1. The van der Waals surface area contributed by atoms with E-state index in [9.17, 15) is 4.79 Å². The van der Waals surface area contributed by atoms with Crippen LogP contribution in [0.3, 0.4) is 0 Å². The fraction of sp³-hybridized carbons (Fsp3) is 0.143. The van der Waals surface area contributed by atoms with E-state index in [4.69, 9.17) is 9.15 Å². The molecule has 0 aliphatic carbocycles. The Labute approximate surface area is 197 Å². The first-order valence-corrected chi connectivity index (χ1v) is 11.2. The van der Waals surface area contributed by atoms with Crippen molar-refractivity contribution < 1.29 is 13.9 Å². The summed E-state index contributed by atoms with van der Waals surface area (Å²) >= 11 is 0. The molecule has 2 heterocycles. The molecule has 0 bridgehead atoms. The van der Waals surface area contributed by atoms with Gasteiger partial charge in [-0.05, 0) is 59.5 Å². The highest BCUT2D eigenvalue weighted by Gasteiger charge is 2.14. The van der Waals surface area contributed by atoms with Crippen LogP contribution in [0.4, 0.5) is 5.82 Å². The minimum Gasteiger partial charge on any atom is -0.485 e. The van der Waals surface area contributed by atoms with Crippen LogP contribution >= 0.6 is 0 Å². The molecule has 6 heteroatoms. The van der Waals surface area contributed by atoms with Crippen LogP contribution in [0.1, 0.15) is 33.0 Å². The maximum atomic E-state index is 12.6. The van der Waals surface area contributed by atoms with Gasteiger partial charge in [-0.15, -0.1) is 0 Å². The first kappa shape index (κ1) is 21.5. The Hall–Kier alpha value is -4.32. The predicted octanol–water partition coefficient (Wildman–Crippen LogP) is 6.13. The molecule has 1 N–H and O–H groups in total. The molecule has 0 aliphatic rings. The van der Waals surface area contributed by atoms with E-state index in [0.29, 0.717) is 18.1 Å². The first-order chi connectivity index (χ1) is 16.5. The van der Waals surface area contributed by atoms with Crippen LogP contribution in [0.15, 0.2) is 89.5 Å². The van der Waals surface area contributed by atoms with Crippen molar-refractivity contribution >= 4 is 22.5 Å². The molecule has 34 heavy (non-hydrogen) atoms. The molecule has 0 aliphatic heterocycles. The van der Waals surface area contributed by atoms with Crippen molar-refractivity contribution in [3.8, 4) is 5.75 Å². The van der Waals surface area contributed by atoms with Crippen molar-refractivity contribution in [1.29, 1.82) is 0 Å². The van der Waals surface area contributed by atoms with Gasteiger partial charge in [0, 0.05) is 12.3 Å². The summed E-state index contributed by atoms with van der Waals surface area (Å²) in [5, 5.41) is 9.68. The van der Waals surface area contributed by atoms with Gasteiger partial charge in [0.25, 0.3) is 5.91 Å². The third kappa shape index (κ3) is 4.71. The molecule has 0 fully saturated rings. The third-order valence-electron chi connectivity index (χ3n) is 5.69. The van der Waals surface area contributed by atoms with Crippen LogP contribution in [0, 0.1) is 13.8 Å². The number of anilines is 1. The van der Waals surface area contributed by atoms with Crippen LogP contribution in [0.2, 0.25) is 0 Å². The fourth-order valence-electron chi connectivity index (χ4n) is 3.89. The summed E-state index contributed by atoms with van der Waals surface area (Å²) < 4.78 is 13.4. The summed E-state index contributed by atoms with van der Waals surface area (Å²) in [5.74, 6) is 1.71. The second-order valence-electron chi connectivity index (χ2n) is 8.31. The second-order valence-corrected chi connectivity index (χ2v) is 8.31. The van der Waals surface area contributed by atoms with Gasteiger partial charge < -0.3 is 14.5 Å². The topological polar surface area (TPSA) is 69.3 Å². The molecule has 3 aromatic carbocycles. The van der Waals surface area contributed by atoms with Gasteiger partial charge >= 0.3 is 0 Å². The number of fused-ring (bicyclic) bond motifs is 1. The van der Waals surface area contributed by atoms with E-state index in [-0.39, 0.29) is 18.3 Å². The SMILES string of the molecule is Cc1ccc(C)c(OCc2ccc(C(=O)Nc3ccn(Cc4cccc5ccccc45)n3)o2)c1. The number of rotatable bonds is 7. The zero-order valence-electron chi connectivity index (χ0n) is 19.1. The lowest BCUT2D eigenvalue weighted by Gasteiger charge is -2.08. The lowest BCUT2D eigenvalue weighted by Crippen LogP contribution is -2.12. The Morgan fingerprint density at radius 1 is 1.00 bits per heavy atom. The standard InChI is InChI=1S/C28H25N3O3/c1-19-10-11-20(2)26(16-19)33-18-23-12-13-25(34-23)28(32)29-27-14-15-31(30-27)17-22-8-5-7-21-6-3-4-9-24(21)22/h3-16H,17-18H2,1-2H3,(H,29,30,32). The number of furan rings is 1. The van der Waals surface area contributed by atoms with Gasteiger partial charge in [-0.3, -0.25) is 9.48 Å². The number of nitrogens with zero attached hydrogens (tertiary/aromatic N) is 2. The fourth-order valence-corrected chi connectivity index (χ4v) is 3.89. The zero-order chi connectivity index (χ0) is 23.5. The summed E-state index contributed by atoms with van der Waals surface area (Å²) in [5.41, 5.74) is 3.34. The van der Waals surface area contributed by atoms with Gasteiger partial charge in [0.05, 0.1) is 6.54 Å². The highest BCUT2D eigenvalue weighted by molar-refractivity contribution is 6.01. The molecule has 0 unspecified atom stereocenters. The summed E-state index contributed by atoms with van der Waals surface area (Å²) in [6.45, 7) is 4.87. The summed E-state index contributed by atoms with van der Waals surface area (Å²) in [6, 6.07) is 25.7. The minimum atomic E-state index is -0.353. The number of benzene rings is 3. The maximum absolute atomic E-state index is 12.6. The molecular formula is C28H25N3O3. The number of aromatic nitrogens is 2. The van der Waals surface area contributed by atoms with Crippen molar-refractivity contribution in [3.63, 3.8) is 0 Å². The van der Waals surface area contributed by atoms with E-state index in [2.05, 4.69) is 34.7 Å². The highest BCUT2D eigenvalue weighted by atomic mass is 16.5. The average molecular weight is 452 g/mol. The summed E-state index contributed by atoms with van der Waals surface area (Å²) in [4.78, 5) is 12.6. The number of amides is 1. The van der Waals surface area contributed by atoms with Crippen molar-refractivity contribution in [2.24, 2.45) is 0 Å². The van der Waals surface area contributed by atoms with Crippen LogP contribution in [0.5, 0.6) is 5.75 Å². The first-order valence-electron chi connectivity index (χ1n) is 11.2.